The first-order valence-corrected chi connectivity index (χ1v) is 3.40. The first-order chi connectivity index (χ1) is 5.20. The van der Waals surface area contributed by atoms with Crippen molar-refractivity contribution in [2.45, 2.75) is 12.5 Å². The maximum Gasteiger partial charge on any atom is 0.243 e. The van der Waals surface area contributed by atoms with Crippen LogP contribution in [0.1, 0.15) is 6.42 Å². The molecule has 0 aliphatic rings. The van der Waals surface area contributed by atoms with Crippen molar-refractivity contribution in [3.05, 3.63) is 12.7 Å². The molecule has 0 heterocycles. The van der Waals surface area contributed by atoms with Crippen molar-refractivity contribution in [2.75, 3.05) is 13.2 Å². The lowest BCUT2D eigenvalue weighted by Crippen LogP contribution is -2.26. The summed E-state index contributed by atoms with van der Waals surface area (Å²) in [6, 6.07) is 0. The summed E-state index contributed by atoms with van der Waals surface area (Å²) in [6.45, 7) is 3.33. The van der Waals surface area contributed by atoms with E-state index in [9.17, 15) is 4.79 Å². The molecule has 0 saturated carbocycles. The molecule has 11 heavy (non-hydrogen) atoms. The van der Waals surface area contributed by atoms with Gasteiger partial charge in [-0.25, -0.2) is 0 Å². The van der Waals surface area contributed by atoms with Crippen molar-refractivity contribution < 1.29 is 15.0 Å². The number of carbonyl (C=O) groups excluding carboxylic acids is 1. The van der Waals surface area contributed by atoms with Crippen LogP contribution in [-0.4, -0.2) is 35.4 Å². The van der Waals surface area contributed by atoms with Crippen molar-refractivity contribution in [1.29, 1.82) is 0 Å². The highest BCUT2D eigenvalue weighted by Gasteiger charge is 2.01. The molecule has 4 heteroatoms. The average molecular weight is 159 g/mol. The van der Waals surface area contributed by atoms with Gasteiger partial charge in [0, 0.05) is 6.54 Å². The van der Waals surface area contributed by atoms with Gasteiger partial charge in [0.1, 0.15) is 0 Å². The van der Waals surface area contributed by atoms with Crippen LogP contribution in [0.4, 0.5) is 0 Å². The Morgan fingerprint density at radius 2 is 2.36 bits per heavy atom. The van der Waals surface area contributed by atoms with Crippen molar-refractivity contribution in [3.63, 3.8) is 0 Å². The number of rotatable bonds is 5. The summed E-state index contributed by atoms with van der Waals surface area (Å²) in [5, 5.41) is 19.7. The molecule has 1 atom stereocenters. The molecule has 0 fully saturated rings. The highest BCUT2D eigenvalue weighted by molar-refractivity contribution is 5.86. The van der Waals surface area contributed by atoms with Gasteiger partial charge in [-0.15, -0.1) is 0 Å². The Labute approximate surface area is 65.5 Å². The number of carbonyl (C=O) groups is 1. The van der Waals surface area contributed by atoms with Gasteiger partial charge in [0.2, 0.25) is 5.91 Å². The molecule has 0 spiro atoms. The predicted molar refractivity (Wildman–Crippen MR) is 40.9 cm³/mol. The Kier molecular flexibility index (Phi) is 5.42. The van der Waals surface area contributed by atoms with Gasteiger partial charge in [-0.2, -0.15) is 0 Å². The van der Waals surface area contributed by atoms with E-state index in [1.54, 1.807) is 0 Å². The zero-order valence-electron chi connectivity index (χ0n) is 6.29. The summed E-state index contributed by atoms with van der Waals surface area (Å²) in [5.41, 5.74) is 0. The zero-order chi connectivity index (χ0) is 8.69. The van der Waals surface area contributed by atoms with Crippen LogP contribution < -0.4 is 5.32 Å². The summed E-state index contributed by atoms with van der Waals surface area (Å²) in [6.07, 6.45) is 0.765. The first kappa shape index (κ1) is 10.1. The van der Waals surface area contributed by atoms with Crippen LogP contribution in [0.15, 0.2) is 12.7 Å². The molecule has 0 bridgehead atoms. The largest absolute Gasteiger partial charge is 0.394 e. The number of hydrogen-bond acceptors (Lipinski definition) is 3. The lowest BCUT2D eigenvalue weighted by atomic mass is 10.3. The van der Waals surface area contributed by atoms with Gasteiger partial charge in [-0.1, -0.05) is 6.58 Å². The Bertz CT molecular complexity index is 136. The van der Waals surface area contributed by atoms with E-state index in [1.807, 2.05) is 0 Å². The number of nitrogens with one attached hydrogen (secondary N) is 1. The van der Waals surface area contributed by atoms with E-state index in [0.29, 0.717) is 13.0 Å². The first-order valence-electron chi connectivity index (χ1n) is 3.40. The van der Waals surface area contributed by atoms with E-state index < -0.39 is 6.10 Å². The van der Waals surface area contributed by atoms with Gasteiger partial charge in [-0.05, 0) is 12.5 Å². The average Bonchev–Trinajstić information content (AvgIpc) is 2.04. The second-order valence-electron chi connectivity index (χ2n) is 2.12. The molecule has 0 aliphatic carbocycles. The summed E-state index contributed by atoms with van der Waals surface area (Å²) < 4.78 is 0. The summed E-state index contributed by atoms with van der Waals surface area (Å²) >= 11 is 0. The van der Waals surface area contributed by atoms with Gasteiger partial charge in [-0.3, -0.25) is 4.79 Å². The van der Waals surface area contributed by atoms with E-state index in [2.05, 4.69) is 11.9 Å². The van der Waals surface area contributed by atoms with Crippen LogP contribution in [0.3, 0.4) is 0 Å². The Hall–Kier alpha value is -0.870. The highest BCUT2D eigenvalue weighted by atomic mass is 16.3. The van der Waals surface area contributed by atoms with E-state index in [1.165, 1.54) is 0 Å². The van der Waals surface area contributed by atoms with E-state index in [4.69, 9.17) is 10.2 Å². The fourth-order valence-corrected chi connectivity index (χ4v) is 0.525. The van der Waals surface area contributed by atoms with Gasteiger partial charge in [0.25, 0.3) is 0 Å². The van der Waals surface area contributed by atoms with E-state index >= 15 is 0 Å². The Morgan fingerprint density at radius 1 is 1.73 bits per heavy atom. The van der Waals surface area contributed by atoms with Crippen molar-refractivity contribution >= 4 is 5.91 Å². The van der Waals surface area contributed by atoms with Crippen molar-refractivity contribution in [1.82, 2.24) is 5.32 Å². The molecule has 0 saturated heterocycles. The minimum absolute atomic E-state index is 0.268. The molecule has 0 aromatic heterocycles. The molecule has 0 aliphatic heterocycles. The van der Waals surface area contributed by atoms with Crippen LogP contribution in [0, 0.1) is 0 Å². The molecule has 64 valence electrons. The number of aliphatic hydroxyl groups excluding tert-OH is 2. The SMILES string of the molecule is C=CC(=O)NCCC(O)CO. The molecule has 1 amide bonds. The maximum absolute atomic E-state index is 10.5. The lowest BCUT2D eigenvalue weighted by Gasteiger charge is -2.06. The van der Waals surface area contributed by atoms with Crippen molar-refractivity contribution in [2.24, 2.45) is 0 Å². The van der Waals surface area contributed by atoms with Gasteiger partial charge >= 0.3 is 0 Å². The molecular weight excluding hydrogens is 146 g/mol. The quantitative estimate of drug-likeness (QED) is 0.452. The normalized spacial score (nSPS) is 12.2. The Morgan fingerprint density at radius 3 is 2.82 bits per heavy atom. The minimum Gasteiger partial charge on any atom is -0.394 e. The molecule has 4 nitrogen and oxygen atoms in total. The minimum atomic E-state index is -0.750. The lowest BCUT2D eigenvalue weighted by molar-refractivity contribution is -0.116. The zero-order valence-corrected chi connectivity index (χ0v) is 6.29. The highest BCUT2D eigenvalue weighted by Crippen LogP contribution is 1.86. The smallest absolute Gasteiger partial charge is 0.243 e. The van der Waals surface area contributed by atoms with Crippen LogP contribution in [0.2, 0.25) is 0 Å². The maximum atomic E-state index is 10.5. The molecule has 0 rings (SSSR count). The Balaban J connectivity index is 3.26. The molecule has 0 aromatic carbocycles. The van der Waals surface area contributed by atoms with Gasteiger partial charge in [0.15, 0.2) is 0 Å². The van der Waals surface area contributed by atoms with Crippen LogP contribution >= 0.6 is 0 Å². The summed E-state index contributed by atoms with van der Waals surface area (Å²) in [4.78, 5) is 10.5. The van der Waals surface area contributed by atoms with Crippen molar-refractivity contribution in [3.8, 4) is 0 Å². The number of aliphatic hydroxyl groups is 2. The molecular formula is C7H13NO3. The third-order valence-corrected chi connectivity index (χ3v) is 1.17. The number of hydrogen-bond donors (Lipinski definition) is 3. The van der Waals surface area contributed by atoms with E-state index in [0.717, 1.165) is 6.08 Å². The molecule has 3 N–H and O–H groups in total. The fraction of sp³-hybridized carbons (Fsp3) is 0.571. The third-order valence-electron chi connectivity index (χ3n) is 1.17. The predicted octanol–water partition coefficient (Wildman–Crippen LogP) is -0.968. The number of amides is 1. The topological polar surface area (TPSA) is 69.6 Å². The standard InChI is InChI=1S/C7H13NO3/c1-2-7(11)8-4-3-6(10)5-9/h2,6,9-10H,1,3-5H2,(H,8,11). The molecule has 1 unspecified atom stereocenters. The van der Waals surface area contributed by atoms with Gasteiger partial charge in [0.05, 0.1) is 12.7 Å². The fourth-order valence-electron chi connectivity index (χ4n) is 0.525. The third kappa shape index (κ3) is 5.57. The van der Waals surface area contributed by atoms with Gasteiger partial charge < -0.3 is 15.5 Å². The van der Waals surface area contributed by atoms with E-state index in [-0.39, 0.29) is 12.5 Å². The van der Waals surface area contributed by atoms with Crippen LogP contribution in [0.5, 0.6) is 0 Å². The summed E-state index contributed by atoms with van der Waals surface area (Å²) in [5.74, 6) is -0.268. The molecule has 0 aromatic rings. The second kappa shape index (κ2) is 5.88. The summed E-state index contributed by atoms with van der Waals surface area (Å²) in [7, 11) is 0. The second-order valence-corrected chi connectivity index (χ2v) is 2.12. The monoisotopic (exact) mass is 159 g/mol. The van der Waals surface area contributed by atoms with Crippen LogP contribution in [0.25, 0.3) is 0 Å². The molecule has 0 radical (unpaired) electrons. The van der Waals surface area contributed by atoms with Crippen LogP contribution in [-0.2, 0) is 4.79 Å².